The molecule has 8 nitrogen and oxygen atoms in total. The summed E-state index contributed by atoms with van der Waals surface area (Å²) in [6.07, 6.45) is 6.94. The lowest BCUT2D eigenvalue weighted by Crippen LogP contribution is -2.46. The van der Waals surface area contributed by atoms with Gasteiger partial charge in [-0.3, -0.25) is 14.6 Å². The lowest BCUT2D eigenvalue weighted by Gasteiger charge is -2.35. The summed E-state index contributed by atoms with van der Waals surface area (Å²) in [4.78, 5) is 42.5. The molecule has 3 aromatic rings. The predicted octanol–water partition coefficient (Wildman–Crippen LogP) is 3.18. The van der Waals surface area contributed by atoms with Gasteiger partial charge in [0.25, 0.3) is 5.91 Å². The van der Waals surface area contributed by atoms with Crippen LogP contribution < -0.4 is 4.74 Å². The van der Waals surface area contributed by atoms with E-state index in [2.05, 4.69) is 9.97 Å². The lowest BCUT2D eigenvalue weighted by atomic mass is 9.95. The highest BCUT2D eigenvalue weighted by Crippen LogP contribution is 2.34. The van der Waals surface area contributed by atoms with Gasteiger partial charge in [-0.05, 0) is 49.9 Å². The van der Waals surface area contributed by atoms with Crippen molar-refractivity contribution in [3.05, 3.63) is 54.1 Å². The number of nitrogens with zero attached hydrogens (tertiary/aromatic N) is 4. The molecule has 0 bridgehead atoms. The van der Waals surface area contributed by atoms with Crippen LogP contribution in [-0.4, -0.2) is 63.3 Å². The van der Waals surface area contributed by atoms with Crippen molar-refractivity contribution in [3.63, 3.8) is 0 Å². The molecule has 0 spiro atoms. The summed E-state index contributed by atoms with van der Waals surface area (Å²) in [5.74, 6) is 1.35. The van der Waals surface area contributed by atoms with E-state index in [0.29, 0.717) is 24.4 Å². The number of aromatic amines is 1. The van der Waals surface area contributed by atoms with Crippen LogP contribution in [0.3, 0.4) is 0 Å². The Morgan fingerprint density at radius 2 is 2.03 bits per heavy atom. The highest BCUT2D eigenvalue weighted by atomic mass is 16.5. The molecule has 0 saturated carbocycles. The summed E-state index contributed by atoms with van der Waals surface area (Å²) in [5, 5.41) is 0. The number of imidazole rings is 1. The molecule has 1 N–H and O–H groups in total. The maximum Gasteiger partial charge on any atom is 0.254 e. The molecule has 8 heteroatoms. The normalized spacial score (nSPS) is 21.2. The summed E-state index contributed by atoms with van der Waals surface area (Å²) >= 11 is 0. The van der Waals surface area contributed by atoms with E-state index in [9.17, 15) is 9.59 Å². The number of fused-ring (bicyclic) bond motifs is 1. The molecule has 2 fully saturated rings. The molecule has 166 valence electrons. The fraction of sp³-hybridized carbons (Fsp3) is 0.417. The van der Waals surface area contributed by atoms with Gasteiger partial charge in [0.15, 0.2) is 0 Å². The first-order valence-electron chi connectivity index (χ1n) is 11.2. The van der Waals surface area contributed by atoms with E-state index < -0.39 is 0 Å². The van der Waals surface area contributed by atoms with E-state index in [-0.39, 0.29) is 23.8 Å². The number of carbonyl (C=O) groups is 2. The Morgan fingerprint density at radius 1 is 1.16 bits per heavy atom. The number of methoxy groups -OCH3 is 1. The van der Waals surface area contributed by atoms with Crippen molar-refractivity contribution >= 4 is 22.8 Å². The van der Waals surface area contributed by atoms with Crippen LogP contribution in [0.4, 0.5) is 0 Å². The molecular formula is C24H27N5O3. The summed E-state index contributed by atoms with van der Waals surface area (Å²) in [5.41, 5.74) is 2.34. The number of carbonyl (C=O) groups excluding carboxylic acids is 2. The van der Waals surface area contributed by atoms with Crippen molar-refractivity contribution in [3.8, 4) is 5.75 Å². The summed E-state index contributed by atoms with van der Waals surface area (Å²) in [6, 6.07) is 9.00. The molecule has 2 saturated heterocycles. The summed E-state index contributed by atoms with van der Waals surface area (Å²) in [6.45, 7) is 1.83. The topological polar surface area (TPSA) is 91.4 Å². The smallest absolute Gasteiger partial charge is 0.254 e. The van der Waals surface area contributed by atoms with Crippen molar-refractivity contribution in [1.82, 2.24) is 24.8 Å². The van der Waals surface area contributed by atoms with Crippen LogP contribution >= 0.6 is 0 Å². The molecule has 1 aromatic carbocycles. The second kappa shape index (κ2) is 8.61. The minimum Gasteiger partial charge on any atom is -0.497 e. The molecular weight excluding hydrogens is 406 g/mol. The largest absolute Gasteiger partial charge is 0.497 e. The SMILES string of the molecule is COc1cccc(C(=O)N2CCCC(C(=O)N3CCCC3c3nc4ccncc4[nH]3)C2)c1. The summed E-state index contributed by atoms with van der Waals surface area (Å²) < 4.78 is 5.25. The number of piperidine rings is 1. The number of aromatic nitrogens is 3. The lowest BCUT2D eigenvalue weighted by molar-refractivity contribution is -0.138. The van der Waals surface area contributed by atoms with E-state index in [1.165, 1.54) is 0 Å². The molecule has 2 unspecified atom stereocenters. The van der Waals surface area contributed by atoms with E-state index in [4.69, 9.17) is 9.72 Å². The average Bonchev–Trinajstić information content (AvgIpc) is 3.50. The standard InChI is InChI=1S/C24H27N5O3/c1-32-18-7-2-5-16(13-18)23(30)28-11-3-6-17(15-28)24(31)29-12-4-8-21(29)22-26-19-9-10-25-14-20(19)27-22/h2,5,7,9-10,13-14,17,21H,3-4,6,8,11-12,15H2,1H3,(H,26,27). The minimum atomic E-state index is -0.190. The third kappa shape index (κ3) is 3.81. The van der Waals surface area contributed by atoms with E-state index in [0.717, 1.165) is 49.1 Å². The molecule has 32 heavy (non-hydrogen) atoms. The Kier molecular flexibility index (Phi) is 5.51. The van der Waals surface area contributed by atoms with Crippen LogP contribution in [0, 0.1) is 5.92 Å². The van der Waals surface area contributed by atoms with Crippen LogP contribution in [0.1, 0.15) is 47.9 Å². The van der Waals surface area contributed by atoms with Crippen molar-refractivity contribution in [2.75, 3.05) is 26.7 Å². The third-order valence-electron chi connectivity index (χ3n) is 6.53. The number of hydrogen-bond acceptors (Lipinski definition) is 5. The van der Waals surface area contributed by atoms with E-state index in [1.807, 2.05) is 23.1 Å². The Morgan fingerprint density at radius 3 is 2.88 bits per heavy atom. The van der Waals surface area contributed by atoms with Gasteiger partial charge in [0.1, 0.15) is 11.6 Å². The van der Waals surface area contributed by atoms with Gasteiger partial charge in [0.05, 0.1) is 36.3 Å². The number of H-pyrrole nitrogens is 1. The molecule has 5 rings (SSSR count). The van der Waals surface area contributed by atoms with Gasteiger partial charge in [-0.1, -0.05) is 6.07 Å². The zero-order chi connectivity index (χ0) is 22.1. The third-order valence-corrected chi connectivity index (χ3v) is 6.53. The van der Waals surface area contributed by atoms with Crippen molar-refractivity contribution in [1.29, 1.82) is 0 Å². The van der Waals surface area contributed by atoms with Gasteiger partial charge < -0.3 is 19.5 Å². The first-order valence-corrected chi connectivity index (χ1v) is 11.2. The fourth-order valence-electron chi connectivity index (χ4n) is 4.89. The van der Waals surface area contributed by atoms with Crippen LogP contribution in [-0.2, 0) is 4.79 Å². The average molecular weight is 434 g/mol. The van der Waals surface area contributed by atoms with E-state index in [1.54, 1.807) is 36.5 Å². The number of nitrogens with one attached hydrogen (secondary N) is 1. The Balaban J connectivity index is 1.31. The highest BCUT2D eigenvalue weighted by Gasteiger charge is 2.38. The Hall–Kier alpha value is -3.42. The first-order chi connectivity index (χ1) is 15.6. The van der Waals surface area contributed by atoms with Crippen LogP contribution in [0.25, 0.3) is 11.0 Å². The molecule has 0 aliphatic carbocycles. The van der Waals surface area contributed by atoms with Gasteiger partial charge in [0.2, 0.25) is 5.91 Å². The second-order valence-corrected chi connectivity index (χ2v) is 8.53. The van der Waals surface area contributed by atoms with Crippen LogP contribution in [0.2, 0.25) is 0 Å². The maximum atomic E-state index is 13.5. The number of ether oxygens (including phenoxy) is 1. The first kappa shape index (κ1) is 20.5. The number of amides is 2. The number of benzene rings is 1. The van der Waals surface area contributed by atoms with Gasteiger partial charge in [0, 0.05) is 31.4 Å². The fourth-order valence-corrected chi connectivity index (χ4v) is 4.89. The predicted molar refractivity (Wildman–Crippen MR) is 119 cm³/mol. The van der Waals surface area contributed by atoms with Crippen LogP contribution in [0.15, 0.2) is 42.7 Å². The van der Waals surface area contributed by atoms with Crippen molar-refractivity contribution in [2.45, 2.75) is 31.7 Å². The summed E-state index contributed by atoms with van der Waals surface area (Å²) in [7, 11) is 1.59. The second-order valence-electron chi connectivity index (χ2n) is 8.53. The van der Waals surface area contributed by atoms with Gasteiger partial charge in [-0.2, -0.15) is 0 Å². The van der Waals surface area contributed by atoms with Crippen molar-refractivity contribution < 1.29 is 14.3 Å². The minimum absolute atomic E-state index is 0.0517. The monoisotopic (exact) mass is 433 g/mol. The van der Waals surface area contributed by atoms with Gasteiger partial charge in [-0.25, -0.2) is 4.98 Å². The molecule has 4 heterocycles. The van der Waals surface area contributed by atoms with Crippen LogP contribution in [0.5, 0.6) is 5.75 Å². The zero-order valence-corrected chi connectivity index (χ0v) is 18.2. The molecule has 2 aliphatic rings. The molecule has 2 aromatic heterocycles. The zero-order valence-electron chi connectivity index (χ0n) is 18.2. The maximum absolute atomic E-state index is 13.5. The number of rotatable bonds is 4. The number of pyridine rings is 1. The molecule has 2 atom stereocenters. The molecule has 2 amide bonds. The molecule has 2 aliphatic heterocycles. The molecule has 0 radical (unpaired) electrons. The Bertz CT molecular complexity index is 1110. The number of likely N-dealkylation sites (tertiary alicyclic amines) is 2. The van der Waals surface area contributed by atoms with Crippen molar-refractivity contribution in [2.24, 2.45) is 5.92 Å². The number of hydrogen-bond donors (Lipinski definition) is 1. The highest BCUT2D eigenvalue weighted by molar-refractivity contribution is 5.95. The Labute approximate surface area is 186 Å². The van der Waals surface area contributed by atoms with Gasteiger partial charge in [-0.15, -0.1) is 0 Å². The van der Waals surface area contributed by atoms with Gasteiger partial charge >= 0.3 is 0 Å². The van der Waals surface area contributed by atoms with E-state index >= 15 is 0 Å². The quantitative estimate of drug-likeness (QED) is 0.682.